The Bertz CT molecular complexity index is 899. The van der Waals surface area contributed by atoms with Crippen LogP contribution in [0.5, 0.6) is 0 Å². The van der Waals surface area contributed by atoms with E-state index in [9.17, 15) is 14.4 Å². The number of esters is 1. The summed E-state index contributed by atoms with van der Waals surface area (Å²) >= 11 is 1.57. The van der Waals surface area contributed by atoms with Crippen LogP contribution in [0.3, 0.4) is 0 Å². The van der Waals surface area contributed by atoms with Gasteiger partial charge in [-0.1, -0.05) is 12.8 Å². The molecule has 1 unspecified atom stereocenters. The zero-order valence-corrected chi connectivity index (χ0v) is 18.3. The van der Waals surface area contributed by atoms with E-state index < -0.39 is 28.6 Å². The third kappa shape index (κ3) is 3.89. The number of thioether (sulfide) groups is 1. The maximum atomic E-state index is 12.8. The van der Waals surface area contributed by atoms with Crippen molar-refractivity contribution in [2.75, 3.05) is 13.1 Å². The molecule has 0 N–H and O–H groups in total. The van der Waals surface area contributed by atoms with Gasteiger partial charge in [0, 0.05) is 17.8 Å². The second-order valence-electron chi connectivity index (χ2n) is 8.46. The number of rotatable bonds is 5. The van der Waals surface area contributed by atoms with E-state index in [1.165, 1.54) is 12.8 Å². The van der Waals surface area contributed by atoms with Gasteiger partial charge in [0.1, 0.15) is 11.4 Å². The maximum absolute atomic E-state index is 12.8. The van der Waals surface area contributed by atoms with Crippen LogP contribution in [0.4, 0.5) is 0 Å². The van der Waals surface area contributed by atoms with Crippen LogP contribution in [-0.4, -0.2) is 63.3 Å². The van der Waals surface area contributed by atoms with Crippen molar-refractivity contribution in [2.45, 2.75) is 75.3 Å². The van der Waals surface area contributed by atoms with E-state index in [0.717, 1.165) is 25.9 Å². The highest BCUT2D eigenvalue weighted by molar-refractivity contribution is 8.01. The van der Waals surface area contributed by atoms with Gasteiger partial charge in [0.2, 0.25) is 0 Å². The minimum atomic E-state index is -0.835. The first kappa shape index (κ1) is 21.0. The Hall–Kier alpha value is -2.23. The monoisotopic (exact) mass is 437 g/mol. The van der Waals surface area contributed by atoms with Crippen LogP contribution in [0.25, 0.3) is 0 Å². The molecule has 1 aromatic heterocycles. The fraction of sp³-hybridized carbons (Fsp3) is 0.700. The summed E-state index contributed by atoms with van der Waals surface area (Å²) in [6, 6.07) is -1.19. The van der Waals surface area contributed by atoms with E-state index in [0.29, 0.717) is 0 Å². The molecule has 3 aliphatic heterocycles. The van der Waals surface area contributed by atoms with Crippen molar-refractivity contribution in [1.29, 1.82) is 0 Å². The first-order chi connectivity index (χ1) is 14.3. The average molecular weight is 438 g/mol. The SMILES string of the molecule is Cc1oc(=O)oc1COC(=O)[C@@H]1N2C(=O)C(N=CN3CCCCCC3)[C@H]2SC1(C)C. The van der Waals surface area contributed by atoms with Gasteiger partial charge in [-0.25, -0.2) is 9.59 Å². The average Bonchev–Trinajstić information content (AvgIpc) is 2.99. The minimum Gasteiger partial charge on any atom is -0.456 e. The van der Waals surface area contributed by atoms with E-state index in [-0.39, 0.29) is 29.4 Å². The molecule has 4 heterocycles. The lowest BCUT2D eigenvalue weighted by atomic mass is 9.96. The molecule has 164 valence electrons. The van der Waals surface area contributed by atoms with Crippen molar-refractivity contribution in [1.82, 2.24) is 9.80 Å². The quantitative estimate of drug-likeness (QED) is 0.298. The summed E-state index contributed by atoms with van der Waals surface area (Å²) in [4.78, 5) is 45.1. The van der Waals surface area contributed by atoms with E-state index in [2.05, 4.69) is 9.89 Å². The number of amides is 1. The number of β-lactam (4-membered cyclic amide) rings is 1. The molecule has 0 aromatic carbocycles. The molecule has 0 bridgehead atoms. The number of fused-ring (bicyclic) bond motifs is 1. The molecule has 0 saturated carbocycles. The van der Waals surface area contributed by atoms with E-state index >= 15 is 0 Å². The molecule has 1 aromatic rings. The summed E-state index contributed by atoms with van der Waals surface area (Å²) in [5.41, 5.74) is 0. The number of nitrogens with zero attached hydrogens (tertiary/aromatic N) is 3. The minimum absolute atomic E-state index is 0.155. The molecule has 30 heavy (non-hydrogen) atoms. The maximum Gasteiger partial charge on any atom is 0.519 e. The Morgan fingerprint density at radius 1 is 1.23 bits per heavy atom. The van der Waals surface area contributed by atoms with Crippen molar-refractivity contribution in [3.05, 3.63) is 22.1 Å². The lowest BCUT2D eigenvalue weighted by molar-refractivity contribution is -0.163. The molecule has 4 rings (SSSR count). The Morgan fingerprint density at radius 2 is 1.93 bits per heavy atom. The number of ether oxygens (including phenoxy) is 1. The first-order valence-electron chi connectivity index (χ1n) is 10.3. The molecule has 10 heteroatoms. The fourth-order valence-electron chi connectivity index (χ4n) is 4.21. The predicted octanol–water partition coefficient (Wildman–Crippen LogP) is 1.92. The molecule has 3 atom stereocenters. The van der Waals surface area contributed by atoms with Crippen molar-refractivity contribution in [3.63, 3.8) is 0 Å². The normalized spacial score (nSPS) is 28.4. The van der Waals surface area contributed by atoms with Gasteiger partial charge < -0.3 is 23.4 Å². The van der Waals surface area contributed by atoms with Crippen LogP contribution < -0.4 is 5.82 Å². The van der Waals surface area contributed by atoms with Crippen LogP contribution >= 0.6 is 11.8 Å². The highest BCUT2D eigenvalue weighted by Crippen LogP contribution is 2.52. The van der Waals surface area contributed by atoms with Gasteiger partial charge >= 0.3 is 11.8 Å². The van der Waals surface area contributed by atoms with Gasteiger partial charge in [-0.3, -0.25) is 9.79 Å². The molecular weight excluding hydrogens is 410 g/mol. The summed E-state index contributed by atoms with van der Waals surface area (Å²) < 4.78 is 14.5. The molecule has 0 aliphatic carbocycles. The van der Waals surface area contributed by atoms with Gasteiger partial charge in [-0.15, -0.1) is 11.8 Å². The molecule has 9 nitrogen and oxygen atoms in total. The van der Waals surface area contributed by atoms with Crippen LogP contribution in [0.2, 0.25) is 0 Å². The highest BCUT2D eigenvalue weighted by Gasteiger charge is 2.64. The lowest BCUT2D eigenvalue weighted by Gasteiger charge is -2.41. The summed E-state index contributed by atoms with van der Waals surface area (Å²) in [5.74, 6) is -1.08. The van der Waals surface area contributed by atoms with Crippen LogP contribution in [-0.2, 0) is 20.9 Å². The number of aliphatic imine (C=N–C) groups is 1. The standard InChI is InChI=1S/C20H27N3O6S/c1-12-13(29-19(26)28-12)10-27-18(25)15-20(2,3)30-17-14(16(24)23(15)17)21-11-22-8-6-4-5-7-9-22/h11,14-15,17H,4-10H2,1-3H3/t14?,15-,17+/m0/s1. The van der Waals surface area contributed by atoms with Crippen molar-refractivity contribution in [2.24, 2.45) is 4.99 Å². The highest BCUT2D eigenvalue weighted by atomic mass is 32.2. The Balaban J connectivity index is 1.41. The van der Waals surface area contributed by atoms with Crippen molar-refractivity contribution >= 4 is 30.0 Å². The Labute approximate surface area is 178 Å². The second-order valence-corrected chi connectivity index (χ2v) is 10.2. The zero-order valence-electron chi connectivity index (χ0n) is 17.5. The summed E-state index contributed by atoms with van der Waals surface area (Å²) in [6.07, 6.45) is 6.57. The van der Waals surface area contributed by atoms with E-state index in [1.54, 1.807) is 23.6 Å². The van der Waals surface area contributed by atoms with Gasteiger partial charge in [-0.2, -0.15) is 0 Å². The zero-order chi connectivity index (χ0) is 21.5. The second kappa shape index (κ2) is 8.13. The summed E-state index contributed by atoms with van der Waals surface area (Å²) in [6.45, 7) is 7.13. The number of aryl methyl sites for hydroxylation is 1. The summed E-state index contributed by atoms with van der Waals surface area (Å²) in [7, 11) is 0. The summed E-state index contributed by atoms with van der Waals surface area (Å²) in [5, 5.41) is -0.179. The first-order valence-corrected chi connectivity index (χ1v) is 11.2. The number of carbonyl (C=O) groups is 2. The predicted molar refractivity (Wildman–Crippen MR) is 110 cm³/mol. The molecule has 0 spiro atoms. The van der Waals surface area contributed by atoms with Crippen molar-refractivity contribution in [3.8, 4) is 0 Å². The lowest BCUT2D eigenvalue weighted by Crippen LogP contribution is -2.65. The van der Waals surface area contributed by atoms with E-state index in [1.807, 2.05) is 20.2 Å². The Kier molecular flexibility index (Phi) is 5.69. The molecule has 0 radical (unpaired) electrons. The number of carbonyl (C=O) groups excluding carboxylic acids is 2. The number of hydrogen-bond acceptors (Lipinski definition) is 8. The largest absolute Gasteiger partial charge is 0.519 e. The third-order valence-corrected chi connectivity index (χ3v) is 7.41. The van der Waals surface area contributed by atoms with Gasteiger partial charge in [0.25, 0.3) is 5.91 Å². The van der Waals surface area contributed by atoms with Crippen molar-refractivity contribution < 1.29 is 23.2 Å². The number of hydrogen-bond donors (Lipinski definition) is 0. The molecule has 3 saturated heterocycles. The van der Waals surface area contributed by atoms with Gasteiger partial charge in [0.15, 0.2) is 24.2 Å². The molecule has 3 aliphatic rings. The van der Waals surface area contributed by atoms with Crippen LogP contribution in [0, 0.1) is 6.92 Å². The molecule has 1 amide bonds. The number of likely N-dealkylation sites (tertiary alicyclic amines) is 1. The van der Waals surface area contributed by atoms with Gasteiger partial charge in [-0.05, 0) is 33.6 Å². The fourth-order valence-corrected chi connectivity index (χ4v) is 5.83. The van der Waals surface area contributed by atoms with Crippen LogP contribution in [0.15, 0.2) is 18.6 Å². The molecular formula is C20H27N3O6S. The topological polar surface area (TPSA) is 106 Å². The smallest absolute Gasteiger partial charge is 0.456 e. The third-order valence-electron chi connectivity index (χ3n) is 5.85. The molecule has 3 fully saturated rings. The van der Waals surface area contributed by atoms with E-state index in [4.69, 9.17) is 13.6 Å². The Morgan fingerprint density at radius 3 is 2.57 bits per heavy atom. The van der Waals surface area contributed by atoms with Gasteiger partial charge in [0.05, 0.1) is 6.34 Å². The van der Waals surface area contributed by atoms with Crippen LogP contribution in [0.1, 0.15) is 51.1 Å².